The number of nitrogens with two attached hydrogens (primary N) is 1. The molecule has 0 bridgehead atoms. The summed E-state index contributed by atoms with van der Waals surface area (Å²) in [7, 11) is 0. The summed E-state index contributed by atoms with van der Waals surface area (Å²) in [6.07, 6.45) is 0.617. The summed E-state index contributed by atoms with van der Waals surface area (Å²) in [4.78, 5) is 14.3. The van der Waals surface area contributed by atoms with Crippen LogP contribution in [0.1, 0.15) is 19.4 Å². The Labute approximate surface area is 119 Å². The van der Waals surface area contributed by atoms with E-state index in [1.165, 1.54) is 0 Å². The maximum Gasteiger partial charge on any atom is 0.239 e. The Bertz CT molecular complexity index is 413. The summed E-state index contributed by atoms with van der Waals surface area (Å²) in [5, 5.41) is 0.994. The number of carbonyl (C=O) groups is 1. The first kappa shape index (κ1) is 14.4. The number of hydrogen-bond acceptors (Lipinski definition) is 3. The van der Waals surface area contributed by atoms with E-state index in [2.05, 4.69) is 13.8 Å². The molecule has 3 atom stereocenters. The maximum absolute atomic E-state index is 12.4. The minimum absolute atomic E-state index is 0.0860. The van der Waals surface area contributed by atoms with Gasteiger partial charge in [-0.1, -0.05) is 44.2 Å². The molecule has 0 spiro atoms. The number of hydrogen-bond donors (Lipinski definition) is 1. The van der Waals surface area contributed by atoms with Crippen LogP contribution in [0.15, 0.2) is 30.3 Å². The Kier molecular flexibility index (Phi) is 4.88. The molecule has 1 fully saturated rings. The molecule has 104 valence electrons. The van der Waals surface area contributed by atoms with E-state index in [4.69, 9.17) is 5.73 Å². The van der Waals surface area contributed by atoms with Gasteiger partial charge in [-0.2, -0.15) is 11.8 Å². The second kappa shape index (κ2) is 6.44. The van der Waals surface area contributed by atoms with Crippen LogP contribution >= 0.6 is 11.8 Å². The summed E-state index contributed by atoms with van der Waals surface area (Å²) in [6.45, 7) is 5.97. The summed E-state index contributed by atoms with van der Waals surface area (Å²) in [5.41, 5.74) is 7.19. The molecule has 0 aliphatic carbocycles. The standard InChI is InChI=1S/C15H22N2OS/c1-11-9-17(10-12(2)19-11)15(18)14(16)8-13-6-4-3-5-7-13/h3-7,11-12,14H,8-10,16H2,1-2H3. The third-order valence-corrected chi connectivity index (χ3v) is 4.57. The number of carbonyl (C=O) groups excluding carboxylic acids is 1. The highest BCUT2D eigenvalue weighted by atomic mass is 32.2. The van der Waals surface area contributed by atoms with Crippen LogP contribution in [0.2, 0.25) is 0 Å². The first-order chi connectivity index (χ1) is 9.06. The van der Waals surface area contributed by atoms with Crippen LogP contribution < -0.4 is 5.73 Å². The molecule has 2 N–H and O–H groups in total. The fraction of sp³-hybridized carbons (Fsp3) is 0.533. The van der Waals surface area contributed by atoms with Gasteiger partial charge in [-0.25, -0.2) is 0 Å². The molecule has 1 aromatic carbocycles. The minimum Gasteiger partial charge on any atom is -0.339 e. The van der Waals surface area contributed by atoms with E-state index in [9.17, 15) is 4.79 Å². The van der Waals surface area contributed by atoms with Gasteiger partial charge in [0.15, 0.2) is 0 Å². The van der Waals surface area contributed by atoms with E-state index in [1.807, 2.05) is 47.0 Å². The molecular formula is C15H22N2OS. The van der Waals surface area contributed by atoms with Crippen molar-refractivity contribution < 1.29 is 4.79 Å². The Morgan fingerprint density at radius 1 is 1.32 bits per heavy atom. The largest absolute Gasteiger partial charge is 0.339 e. The van der Waals surface area contributed by atoms with Crippen LogP contribution in [0, 0.1) is 0 Å². The molecule has 19 heavy (non-hydrogen) atoms. The highest BCUT2D eigenvalue weighted by molar-refractivity contribution is 8.00. The second-order valence-electron chi connectivity index (χ2n) is 5.30. The number of rotatable bonds is 3. The van der Waals surface area contributed by atoms with Gasteiger partial charge < -0.3 is 10.6 Å². The predicted octanol–water partition coefficient (Wildman–Crippen LogP) is 1.91. The lowest BCUT2D eigenvalue weighted by molar-refractivity contribution is -0.132. The van der Waals surface area contributed by atoms with E-state index < -0.39 is 6.04 Å². The van der Waals surface area contributed by atoms with Crippen molar-refractivity contribution in [3.8, 4) is 0 Å². The molecule has 1 amide bonds. The van der Waals surface area contributed by atoms with Crippen LogP contribution in [-0.4, -0.2) is 40.4 Å². The van der Waals surface area contributed by atoms with E-state index in [0.29, 0.717) is 16.9 Å². The van der Waals surface area contributed by atoms with Gasteiger partial charge in [-0.15, -0.1) is 0 Å². The van der Waals surface area contributed by atoms with Crippen LogP contribution in [0.4, 0.5) is 0 Å². The number of thioether (sulfide) groups is 1. The van der Waals surface area contributed by atoms with Gasteiger partial charge in [-0.3, -0.25) is 4.79 Å². The van der Waals surface area contributed by atoms with Crippen LogP contribution in [0.5, 0.6) is 0 Å². The number of nitrogens with zero attached hydrogens (tertiary/aromatic N) is 1. The lowest BCUT2D eigenvalue weighted by Crippen LogP contribution is -2.51. The smallest absolute Gasteiger partial charge is 0.239 e. The van der Waals surface area contributed by atoms with Crippen molar-refractivity contribution >= 4 is 17.7 Å². The highest BCUT2D eigenvalue weighted by Gasteiger charge is 2.28. The highest BCUT2D eigenvalue weighted by Crippen LogP contribution is 2.25. The van der Waals surface area contributed by atoms with Crippen molar-refractivity contribution in [1.82, 2.24) is 4.90 Å². The Morgan fingerprint density at radius 3 is 2.47 bits per heavy atom. The second-order valence-corrected chi connectivity index (χ2v) is 7.18. The van der Waals surface area contributed by atoms with Gasteiger partial charge in [0, 0.05) is 23.6 Å². The summed E-state index contributed by atoms with van der Waals surface area (Å²) < 4.78 is 0. The predicted molar refractivity (Wildman–Crippen MR) is 81.2 cm³/mol. The fourth-order valence-corrected chi connectivity index (χ4v) is 3.87. The summed E-state index contributed by atoms with van der Waals surface area (Å²) in [5.74, 6) is 0.0860. The van der Waals surface area contributed by atoms with Gasteiger partial charge in [0.2, 0.25) is 5.91 Å². The van der Waals surface area contributed by atoms with Crippen molar-refractivity contribution in [1.29, 1.82) is 0 Å². The molecule has 1 saturated heterocycles. The van der Waals surface area contributed by atoms with Gasteiger partial charge >= 0.3 is 0 Å². The quantitative estimate of drug-likeness (QED) is 0.918. The first-order valence-electron chi connectivity index (χ1n) is 6.80. The zero-order chi connectivity index (χ0) is 13.8. The molecule has 0 aromatic heterocycles. The third-order valence-electron chi connectivity index (χ3n) is 3.35. The topological polar surface area (TPSA) is 46.3 Å². The lowest BCUT2D eigenvalue weighted by Gasteiger charge is -2.36. The van der Waals surface area contributed by atoms with Gasteiger partial charge in [0.05, 0.1) is 6.04 Å². The van der Waals surface area contributed by atoms with Crippen LogP contribution in [-0.2, 0) is 11.2 Å². The molecule has 3 nitrogen and oxygen atoms in total. The molecule has 1 aliphatic heterocycles. The van der Waals surface area contributed by atoms with Crippen molar-refractivity contribution in [2.75, 3.05) is 13.1 Å². The number of benzene rings is 1. The van der Waals surface area contributed by atoms with E-state index in [0.717, 1.165) is 18.7 Å². The Morgan fingerprint density at radius 2 is 1.89 bits per heavy atom. The average molecular weight is 278 g/mol. The molecule has 1 heterocycles. The monoisotopic (exact) mass is 278 g/mol. The van der Waals surface area contributed by atoms with E-state index >= 15 is 0 Å². The zero-order valence-corrected chi connectivity index (χ0v) is 12.4. The molecule has 1 aliphatic rings. The third kappa shape index (κ3) is 3.98. The first-order valence-corrected chi connectivity index (χ1v) is 7.74. The van der Waals surface area contributed by atoms with Crippen molar-refractivity contribution in [2.45, 2.75) is 36.8 Å². The van der Waals surface area contributed by atoms with Crippen molar-refractivity contribution in [3.63, 3.8) is 0 Å². The van der Waals surface area contributed by atoms with Gasteiger partial charge in [0.1, 0.15) is 0 Å². The molecule has 2 rings (SSSR count). The maximum atomic E-state index is 12.4. The Hall–Kier alpha value is -1.00. The molecular weight excluding hydrogens is 256 g/mol. The van der Waals surface area contributed by atoms with E-state index in [1.54, 1.807) is 0 Å². The lowest BCUT2D eigenvalue weighted by atomic mass is 10.1. The Balaban J connectivity index is 1.95. The normalized spacial score (nSPS) is 25.1. The zero-order valence-electron chi connectivity index (χ0n) is 11.6. The molecule has 4 heteroatoms. The molecule has 0 radical (unpaired) electrons. The molecule has 0 saturated carbocycles. The SMILES string of the molecule is CC1CN(C(=O)C(N)Cc2ccccc2)CC(C)S1. The molecule has 1 aromatic rings. The summed E-state index contributed by atoms with van der Waals surface area (Å²) in [6, 6.07) is 9.55. The van der Waals surface area contributed by atoms with Crippen LogP contribution in [0.3, 0.4) is 0 Å². The fourth-order valence-electron chi connectivity index (χ4n) is 2.55. The minimum atomic E-state index is -0.426. The van der Waals surface area contributed by atoms with Crippen molar-refractivity contribution in [2.24, 2.45) is 5.73 Å². The van der Waals surface area contributed by atoms with E-state index in [-0.39, 0.29) is 5.91 Å². The summed E-state index contributed by atoms with van der Waals surface area (Å²) >= 11 is 1.94. The van der Waals surface area contributed by atoms with Crippen molar-refractivity contribution in [3.05, 3.63) is 35.9 Å². The average Bonchev–Trinajstić information content (AvgIpc) is 2.37. The van der Waals surface area contributed by atoms with Gasteiger partial charge in [-0.05, 0) is 12.0 Å². The van der Waals surface area contributed by atoms with Crippen LogP contribution in [0.25, 0.3) is 0 Å². The molecule has 3 unspecified atom stereocenters. The number of amides is 1. The van der Waals surface area contributed by atoms with Gasteiger partial charge in [0.25, 0.3) is 0 Å².